The molecule has 10 nitrogen and oxygen atoms in total. The molecule has 0 amide bonds. The zero-order chi connectivity index (χ0) is 18.6. The number of nitrogens with two attached hydrogens (primary N) is 2. The molecule has 0 fully saturated rings. The number of nitrogen functional groups attached to an aromatic ring is 2. The molecular weight excluding hydrogens is 499 g/mol. The third kappa shape index (κ3) is 4.63. The highest BCUT2D eigenvalue weighted by Gasteiger charge is 2.21. The van der Waals surface area contributed by atoms with E-state index in [1.807, 2.05) is 0 Å². The van der Waals surface area contributed by atoms with E-state index in [9.17, 15) is 20.2 Å². The highest BCUT2D eigenvalue weighted by atomic mass is 79.9. The van der Waals surface area contributed by atoms with Crippen molar-refractivity contribution in [2.75, 3.05) is 11.5 Å². The molecule has 0 spiro atoms. The van der Waals surface area contributed by atoms with Gasteiger partial charge in [-0.2, -0.15) is 0 Å². The van der Waals surface area contributed by atoms with Crippen LogP contribution in [0.25, 0.3) is 0 Å². The molecule has 0 aliphatic rings. The minimum absolute atomic E-state index is 0.0347. The first-order valence-electron chi connectivity index (χ1n) is 5.55. The Bertz CT molecular complexity index is 755. The molecule has 24 heavy (non-hydrogen) atoms. The summed E-state index contributed by atoms with van der Waals surface area (Å²) in [6.07, 6.45) is 2.62. The van der Waals surface area contributed by atoms with Gasteiger partial charge in [-0.3, -0.25) is 20.2 Å². The number of aromatic nitrogens is 2. The summed E-state index contributed by atoms with van der Waals surface area (Å²) in [7, 11) is 0. The lowest BCUT2D eigenvalue weighted by atomic mass is 10.4. The van der Waals surface area contributed by atoms with E-state index in [1.165, 1.54) is 12.4 Å². The molecule has 14 heteroatoms. The number of anilines is 2. The van der Waals surface area contributed by atoms with Crippen LogP contribution in [0.5, 0.6) is 0 Å². The number of rotatable bonds is 2. The quantitative estimate of drug-likeness (QED) is 0.458. The Balaban J connectivity index is 0.000000240. The van der Waals surface area contributed by atoms with Crippen molar-refractivity contribution in [1.82, 2.24) is 9.97 Å². The van der Waals surface area contributed by atoms with Gasteiger partial charge in [0.25, 0.3) is 0 Å². The molecule has 4 N–H and O–H groups in total. The van der Waals surface area contributed by atoms with Crippen molar-refractivity contribution in [2.24, 2.45) is 0 Å². The van der Waals surface area contributed by atoms with E-state index in [0.717, 1.165) is 0 Å². The maximum atomic E-state index is 10.4. The molecule has 128 valence electrons. The molecule has 2 aromatic heterocycles. The van der Waals surface area contributed by atoms with Crippen molar-refractivity contribution in [3.8, 4) is 0 Å². The first-order valence-corrected chi connectivity index (χ1v) is 7.89. The number of halogens is 4. The van der Waals surface area contributed by atoms with Crippen molar-refractivity contribution < 1.29 is 9.85 Å². The average molecular weight is 505 g/mol. The zero-order valence-electron chi connectivity index (χ0n) is 11.2. The SMILES string of the molecule is Nc1ncc(Br)c(Cl)c1[N+](=O)[O-].Nc1ncc(Br)c(Cl)c1[N+](=O)[O-]. The normalized spacial score (nSPS) is 9.83. The summed E-state index contributed by atoms with van der Waals surface area (Å²) in [4.78, 5) is 26.5. The van der Waals surface area contributed by atoms with Crippen LogP contribution in [0, 0.1) is 20.2 Å². The van der Waals surface area contributed by atoms with E-state index in [-0.39, 0.29) is 33.1 Å². The van der Waals surface area contributed by atoms with Gasteiger partial charge in [-0.05, 0) is 31.9 Å². The van der Waals surface area contributed by atoms with E-state index >= 15 is 0 Å². The molecule has 0 bridgehead atoms. The van der Waals surface area contributed by atoms with Crippen molar-refractivity contribution >= 4 is 78.1 Å². The highest BCUT2D eigenvalue weighted by molar-refractivity contribution is 9.10. The second kappa shape index (κ2) is 8.37. The summed E-state index contributed by atoms with van der Waals surface area (Å²) >= 11 is 17.2. The van der Waals surface area contributed by atoms with Gasteiger partial charge < -0.3 is 11.5 Å². The number of hydrogen-bond acceptors (Lipinski definition) is 8. The first kappa shape index (κ1) is 20.3. The van der Waals surface area contributed by atoms with Crippen molar-refractivity contribution in [3.05, 3.63) is 51.6 Å². The number of nitro groups is 2. The molecule has 0 aliphatic carbocycles. The minimum Gasteiger partial charge on any atom is -0.378 e. The summed E-state index contributed by atoms with van der Waals surface area (Å²) in [6, 6.07) is 0. The van der Waals surface area contributed by atoms with Crippen LogP contribution in [0.3, 0.4) is 0 Å². The second-order valence-electron chi connectivity index (χ2n) is 3.82. The molecule has 0 radical (unpaired) electrons. The third-order valence-electron chi connectivity index (χ3n) is 2.32. The molecule has 0 saturated heterocycles. The van der Waals surface area contributed by atoms with E-state index in [1.54, 1.807) is 0 Å². The van der Waals surface area contributed by atoms with Crippen LogP contribution in [0.4, 0.5) is 23.0 Å². The largest absolute Gasteiger partial charge is 0.378 e. The van der Waals surface area contributed by atoms with E-state index in [4.69, 9.17) is 34.7 Å². The zero-order valence-corrected chi connectivity index (χ0v) is 15.9. The number of nitrogens with zero attached hydrogens (tertiary/aromatic N) is 4. The fourth-order valence-corrected chi connectivity index (χ4v) is 2.30. The molecule has 2 aromatic rings. The van der Waals surface area contributed by atoms with Crippen LogP contribution >= 0.6 is 55.1 Å². The van der Waals surface area contributed by atoms with Crippen LogP contribution < -0.4 is 11.5 Å². The van der Waals surface area contributed by atoms with E-state index in [2.05, 4.69) is 41.8 Å². The minimum atomic E-state index is -0.671. The van der Waals surface area contributed by atoms with Crippen molar-refractivity contribution in [2.45, 2.75) is 0 Å². The van der Waals surface area contributed by atoms with Crippen LogP contribution in [0.1, 0.15) is 0 Å². The summed E-state index contributed by atoms with van der Waals surface area (Å²) in [6.45, 7) is 0. The Hall–Kier alpha value is -1.76. The van der Waals surface area contributed by atoms with Gasteiger partial charge in [0, 0.05) is 12.4 Å². The predicted octanol–water partition coefficient (Wildman–Crippen LogP) is 3.98. The van der Waals surface area contributed by atoms with Gasteiger partial charge in [-0.1, -0.05) is 23.2 Å². The molecule has 0 unspecified atom stereocenters. The van der Waals surface area contributed by atoms with Gasteiger partial charge in [0.15, 0.2) is 0 Å². The fourth-order valence-electron chi connectivity index (χ4n) is 1.29. The molecule has 0 aromatic carbocycles. The standard InChI is InChI=1S/2C5H3BrClN3O2/c2*6-2-1-9-5(8)4(3(2)7)10(11)12/h2*1H,(H2,8,9). The predicted molar refractivity (Wildman–Crippen MR) is 96.0 cm³/mol. The Morgan fingerprint density at radius 2 is 1.17 bits per heavy atom. The molecule has 2 heterocycles. The first-order chi connectivity index (χ1) is 11.1. The summed E-state index contributed by atoms with van der Waals surface area (Å²) in [5.74, 6) is -0.374. The van der Waals surface area contributed by atoms with Crippen LogP contribution in [0.2, 0.25) is 10.0 Å². The lowest BCUT2D eigenvalue weighted by Crippen LogP contribution is -1.99. The topological polar surface area (TPSA) is 164 Å². The molecule has 0 saturated carbocycles. The molecule has 0 atom stereocenters. The Morgan fingerprint density at radius 3 is 1.38 bits per heavy atom. The van der Waals surface area contributed by atoms with Gasteiger partial charge in [-0.25, -0.2) is 9.97 Å². The Labute approximate surface area is 160 Å². The van der Waals surface area contributed by atoms with Crippen molar-refractivity contribution in [3.63, 3.8) is 0 Å². The van der Waals surface area contributed by atoms with Gasteiger partial charge in [0.2, 0.25) is 11.6 Å². The third-order valence-corrected chi connectivity index (χ3v) is 4.74. The second-order valence-corrected chi connectivity index (χ2v) is 6.29. The van der Waals surface area contributed by atoms with Gasteiger partial charge in [-0.15, -0.1) is 0 Å². The van der Waals surface area contributed by atoms with Crippen molar-refractivity contribution in [1.29, 1.82) is 0 Å². The summed E-state index contributed by atoms with van der Waals surface area (Å²) in [5.41, 5.74) is 9.73. The average Bonchev–Trinajstić information content (AvgIpc) is 2.48. The molecular formula is C10H6Br2Cl2N6O4. The fraction of sp³-hybridized carbons (Fsp3) is 0. The summed E-state index contributed by atoms with van der Waals surface area (Å²) < 4.78 is 0.704. The maximum absolute atomic E-state index is 10.4. The molecule has 2 rings (SSSR count). The van der Waals surface area contributed by atoms with E-state index in [0.29, 0.717) is 8.95 Å². The van der Waals surface area contributed by atoms with Gasteiger partial charge in [0.05, 0.1) is 18.8 Å². The van der Waals surface area contributed by atoms with E-state index < -0.39 is 9.85 Å². The lowest BCUT2D eigenvalue weighted by Gasteiger charge is -1.99. The maximum Gasteiger partial charge on any atom is 0.330 e. The summed E-state index contributed by atoms with van der Waals surface area (Å²) in [5, 5.41) is 20.7. The lowest BCUT2D eigenvalue weighted by molar-refractivity contribution is -0.384. The van der Waals surface area contributed by atoms with Crippen LogP contribution in [0.15, 0.2) is 21.3 Å². The van der Waals surface area contributed by atoms with Gasteiger partial charge >= 0.3 is 11.4 Å². The smallest absolute Gasteiger partial charge is 0.330 e. The van der Waals surface area contributed by atoms with Crippen LogP contribution in [-0.4, -0.2) is 19.8 Å². The monoisotopic (exact) mass is 502 g/mol. The number of pyridine rings is 2. The van der Waals surface area contributed by atoms with Crippen LogP contribution in [-0.2, 0) is 0 Å². The highest BCUT2D eigenvalue weighted by Crippen LogP contribution is 2.35. The van der Waals surface area contributed by atoms with Gasteiger partial charge in [0.1, 0.15) is 10.0 Å². The molecule has 0 aliphatic heterocycles. The Kier molecular flexibility index (Phi) is 7.08. The Morgan fingerprint density at radius 1 is 0.875 bits per heavy atom. The number of hydrogen-bond donors (Lipinski definition) is 2.